The lowest BCUT2D eigenvalue weighted by atomic mass is 10.1. The molecule has 1 aromatic carbocycles. The van der Waals surface area contributed by atoms with Gasteiger partial charge in [-0.15, -0.1) is 0 Å². The van der Waals surface area contributed by atoms with E-state index < -0.39 is 18.2 Å². The molecule has 4 N–H and O–H groups in total. The van der Waals surface area contributed by atoms with E-state index in [-0.39, 0.29) is 48.5 Å². The molecule has 0 saturated heterocycles. The standard InChI is InChI=1S/C18H19N5O6/c1-27-10-2-3-15-11(6-10)21-18(26)23-16-8-20-12(7-19)17(22-16)28-5-4-13(24)14(25)9-29-15/h2-3,6,8,13-14,24-25H,4-5,9H2,1H3,(H2,21,22,23,26). The number of nitrogens with zero attached hydrogens (tertiary/aromatic N) is 3. The summed E-state index contributed by atoms with van der Waals surface area (Å²) in [6.45, 7) is -0.258. The lowest BCUT2D eigenvalue weighted by Gasteiger charge is -2.19. The van der Waals surface area contributed by atoms with Gasteiger partial charge in [-0.2, -0.15) is 10.2 Å². The molecule has 11 heteroatoms. The Morgan fingerprint density at radius 1 is 1.28 bits per heavy atom. The predicted molar refractivity (Wildman–Crippen MR) is 100 cm³/mol. The van der Waals surface area contributed by atoms with Crippen LogP contribution in [-0.2, 0) is 0 Å². The van der Waals surface area contributed by atoms with Crippen LogP contribution in [-0.4, -0.2) is 58.7 Å². The Balaban J connectivity index is 1.93. The number of aromatic nitrogens is 2. The summed E-state index contributed by atoms with van der Waals surface area (Å²) in [5, 5.41) is 34.4. The Morgan fingerprint density at radius 2 is 2.10 bits per heavy atom. The molecular weight excluding hydrogens is 382 g/mol. The van der Waals surface area contributed by atoms with Crippen molar-refractivity contribution in [2.75, 3.05) is 31.0 Å². The molecule has 0 aliphatic carbocycles. The maximum Gasteiger partial charge on any atom is 0.325 e. The van der Waals surface area contributed by atoms with E-state index in [4.69, 9.17) is 19.5 Å². The number of fused-ring (bicyclic) bond motifs is 3. The monoisotopic (exact) mass is 401 g/mol. The van der Waals surface area contributed by atoms with Gasteiger partial charge in [-0.25, -0.2) is 9.78 Å². The normalized spacial score (nSPS) is 19.6. The van der Waals surface area contributed by atoms with Crippen molar-refractivity contribution in [3.63, 3.8) is 0 Å². The fourth-order valence-corrected chi connectivity index (χ4v) is 2.49. The first-order valence-corrected chi connectivity index (χ1v) is 8.65. The van der Waals surface area contributed by atoms with Crippen LogP contribution in [0.5, 0.6) is 17.4 Å². The summed E-state index contributed by atoms with van der Waals surface area (Å²) >= 11 is 0. The van der Waals surface area contributed by atoms with Gasteiger partial charge in [-0.1, -0.05) is 0 Å². The van der Waals surface area contributed by atoms with Crippen molar-refractivity contribution >= 4 is 17.5 Å². The van der Waals surface area contributed by atoms with E-state index in [0.29, 0.717) is 5.75 Å². The first-order valence-electron chi connectivity index (χ1n) is 8.65. The molecule has 2 bridgehead atoms. The quantitative estimate of drug-likeness (QED) is 0.544. The number of urea groups is 1. The highest BCUT2D eigenvalue weighted by Gasteiger charge is 2.20. The first-order chi connectivity index (χ1) is 14.0. The van der Waals surface area contributed by atoms with Crippen molar-refractivity contribution in [2.45, 2.75) is 18.6 Å². The van der Waals surface area contributed by atoms with Gasteiger partial charge in [0.05, 0.1) is 31.7 Å². The fraction of sp³-hybridized carbons (Fsp3) is 0.333. The Kier molecular flexibility index (Phi) is 6.28. The van der Waals surface area contributed by atoms with Crippen LogP contribution in [0.1, 0.15) is 12.1 Å². The van der Waals surface area contributed by atoms with Crippen molar-refractivity contribution in [1.82, 2.24) is 9.97 Å². The molecule has 11 nitrogen and oxygen atoms in total. The van der Waals surface area contributed by atoms with Crippen LogP contribution in [0.15, 0.2) is 24.4 Å². The van der Waals surface area contributed by atoms with E-state index in [1.54, 1.807) is 12.1 Å². The van der Waals surface area contributed by atoms with E-state index in [2.05, 4.69) is 20.6 Å². The van der Waals surface area contributed by atoms with Crippen LogP contribution in [0, 0.1) is 11.3 Å². The number of hydrogen-bond donors (Lipinski definition) is 4. The lowest BCUT2D eigenvalue weighted by Crippen LogP contribution is -2.33. The van der Waals surface area contributed by atoms with Gasteiger partial charge in [-0.3, -0.25) is 5.32 Å². The number of benzene rings is 1. The minimum atomic E-state index is -1.21. The molecular formula is C18H19N5O6. The fourth-order valence-electron chi connectivity index (χ4n) is 2.49. The van der Waals surface area contributed by atoms with Gasteiger partial charge in [0.15, 0.2) is 5.82 Å². The van der Waals surface area contributed by atoms with Crippen LogP contribution in [0.25, 0.3) is 0 Å². The summed E-state index contributed by atoms with van der Waals surface area (Å²) in [5.74, 6) is 0.697. The number of carbonyl (C=O) groups is 1. The number of aliphatic hydroxyl groups excluding tert-OH is 2. The predicted octanol–water partition coefficient (Wildman–Crippen LogP) is 0.884. The Bertz CT molecular complexity index is 931. The van der Waals surface area contributed by atoms with Gasteiger partial charge < -0.3 is 29.7 Å². The summed E-state index contributed by atoms with van der Waals surface area (Å²) in [5.41, 5.74) is 0.199. The Morgan fingerprint density at radius 3 is 2.86 bits per heavy atom. The van der Waals surface area contributed by atoms with Gasteiger partial charge in [0.25, 0.3) is 5.88 Å². The number of nitrogens with one attached hydrogen (secondary N) is 2. The van der Waals surface area contributed by atoms with E-state index in [0.717, 1.165) is 0 Å². The molecule has 152 valence electrons. The number of ether oxygens (including phenoxy) is 3. The molecule has 29 heavy (non-hydrogen) atoms. The van der Waals surface area contributed by atoms with Gasteiger partial charge in [0.2, 0.25) is 5.69 Å². The zero-order valence-corrected chi connectivity index (χ0v) is 15.5. The first kappa shape index (κ1) is 20.1. The van der Waals surface area contributed by atoms with Crippen molar-refractivity contribution in [1.29, 1.82) is 5.26 Å². The summed E-state index contributed by atoms with van der Waals surface area (Å²) < 4.78 is 16.1. The highest BCUT2D eigenvalue weighted by molar-refractivity contribution is 6.00. The molecule has 0 radical (unpaired) electrons. The number of anilines is 2. The average molecular weight is 401 g/mol. The number of carbonyl (C=O) groups excluding carboxylic acids is 1. The Labute approximate surface area is 165 Å². The molecule has 1 aliphatic rings. The maximum atomic E-state index is 12.4. The second-order valence-corrected chi connectivity index (χ2v) is 6.04. The van der Waals surface area contributed by atoms with Crippen LogP contribution in [0.2, 0.25) is 0 Å². The van der Waals surface area contributed by atoms with Crippen LogP contribution in [0.4, 0.5) is 16.3 Å². The lowest BCUT2D eigenvalue weighted by molar-refractivity contribution is -0.0169. The van der Waals surface area contributed by atoms with E-state index >= 15 is 0 Å². The van der Waals surface area contributed by atoms with Crippen molar-refractivity contribution in [2.24, 2.45) is 0 Å². The van der Waals surface area contributed by atoms with Crippen LogP contribution >= 0.6 is 0 Å². The highest BCUT2D eigenvalue weighted by Crippen LogP contribution is 2.30. The van der Waals surface area contributed by atoms with E-state index in [9.17, 15) is 15.0 Å². The van der Waals surface area contributed by atoms with Crippen LogP contribution in [0.3, 0.4) is 0 Å². The molecule has 2 unspecified atom stereocenters. The minimum absolute atomic E-state index is 0.0367. The van der Waals surface area contributed by atoms with Gasteiger partial charge in [0, 0.05) is 12.5 Å². The van der Waals surface area contributed by atoms with Gasteiger partial charge in [0.1, 0.15) is 30.3 Å². The summed E-state index contributed by atoms with van der Waals surface area (Å²) in [6.07, 6.45) is -1.08. The summed E-state index contributed by atoms with van der Waals surface area (Å²) in [7, 11) is 1.48. The molecule has 1 aliphatic heterocycles. The van der Waals surface area contributed by atoms with Crippen LogP contribution < -0.4 is 24.8 Å². The third kappa shape index (κ3) is 5.01. The number of methoxy groups -OCH3 is 1. The number of hydrogen-bond acceptors (Lipinski definition) is 9. The third-order valence-corrected chi connectivity index (χ3v) is 4.03. The molecule has 2 atom stereocenters. The Hall–Kier alpha value is -3.62. The number of aliphatic hydroxyl groups is 2. The second kappa shape index (κ2) is 9.05. The molecule has 0 saturated carbocycles. The SMILES string of the molecule is COc1ccc2c(c1)NC(=O)Nc1cnc(C#N)c(n1)OCCC(O)C(O)CO2. The number of nitriles is 1. The topological polar surface area (TPSA) is 159 Å². The molecule has 2 aromatic rings. The molecule has 0 fully saturated rings. The summed E-state index contributed by atoms with van der Waals surface area (Å²) in [4.78, 5) is 20.3. The van der Waals surface area contributed by atoms with E-state index in [1.165, 1.54) is 19.4 Å². The molecule has 2 amide bonds. The summed E-state index contributed by atoms with van der Waals surface area (Å²) in [6, 6.07) is 5.91. The smallest absolute Gasteiger partial charge is 0.325 e. The largest absolute Gasteiger partial charge is 0.497 e. The van der Waals surface area contributed by atoms with Crippen molar-refractivity contribution < 1.29 is 29.2 Å². The third-order valence-electron chi connectivity index (χ3n) is 4.03. The molecule has 3 rings (SSSR count). The number of amides is 2. The molecule has 1 aromatic heterocycles. The minimum Gasteiger partial charge on any atom is -0.497 e. The zero-order chi connectivity index (χ0) is 20.8. The maximum absolute atomic E-state index is 12.4. The highest BCUT2D eigenvalue weighted by atomic mass is 16.5. The number of rotatable bonds is 1. The van der Waals surface area contributed by atoms with Gasteiger partial charge in [-0.05, 0) is 12.1 Å². The van der Waals surface area contributed by atoms with Gasteiger partial charge >= 0.3 is 6.03 Å². The van der Waals surface area contributed by atoms with Crippen molar-refractivity contribution in [3.8, 4) is 23.4 Å². The zero-order valence-electron chi connectivity index (χ0n) is 15.5. The average Bonchev–Trinajstić information content (AvgIpc) is 2.72. The molecule has 0 spiro atoms. The molecule has 2 heterocycles. The van der Waals surface area contributed by atoms with Crippen molar-refractivity contribution in [3.05, 3.63) is 30.1 Å². The van der Waals surface area contributed by atoms with E-state index in [1.807, 2.05) is 6.07 Å². The second-order valence-electron chi connectivity index (χ2n) is 6.04.